The third-order valence-corrected chi connectivity index (χ3v) is 6.97. The molecule has 0 saturated carbocycles. The van der Waals surface area contributed by atoms with Crippen molar-refractivity contribution in [2.75, 3.05) is 33.1 Å². The predicted octanol–water partition coefficient (Wildman–Crippen LogP) is 2.75. The van der Waals surface area contributed by atoms with Gasteiger partial charge in [-0.2, -0.15) is 0 Å². The van der Waals surface area contributed by atoms with Crippen LogP contribution in [0.5, 0.6) is 0 Å². The van der Waals surface area contributed by atoms with E-state index in [1.54, 1.807) is 20.3 Å². The van der Waals surface area contributed by atoms with Gasteiger partial charge >= 0.3 is 0 Å². The molecular weight excluding hydrogens is 350 g/mol. The molecule has 142 valence electrons. The molecule has 0 unspecified atom stereocenters. The van der Waals surface area contributed by atoms with E-state index in [1.807, 2.05) is 6.20 Å². The normalized spacial score (nSPS) is 21.0. The van der Waals surface area contributed by atoms with Gasteiger partial charge in [-0.15, -0.1) is 0 Å². The maximum absolute atomic E-state index is 12.3. The molecule has 26 heavy (non-hydrogen) atoms. The molecule has 1 fully saturated rings. The Labute approximate surface area is 155 Å². The maximum Gasteiger partial charge on any atom is 0.214 e. The largest absolute Gasteiger partial charge is 0.379 e. The first-order valence-corrected chi connectivity index (χ1v) is 10.5. The fourth-order valence-electron chi connectivity index (χ4n) is 3.29. The number of rotatable bonds is 6. The lowest BCUT2D eigenvalue weighted by atomic mass is 10.0. The molecular formula is C19H27N3O3S. The molecule has 6 nitrogen and oxygen atoms in total. The molecule has 2 aromatic rings. The molecule has 2 heterocycles. The fourth-order valence-corrected chi connectivity index (χ4v) is 4.45. The summed E-state index contributed by atoms with van der Waals surface area (Å²) in [5, 5.41) is 0. The summed E-state index contributed by atoms with van der Waals surface area (Å²) in [5.74, 6) is 1.31. The Hall–Kier alpha value is -1.70. The number of imidazole rings is 1. The van der Waals surface area contributed by atoms with Crippen molar-refractivity contribution < 1.29 is 13.2 Å². The highest BCUT2D eigenvalue weighted by Crippen LogP contribution is 2.32. The Morgan fingerprint density at radius 3 is 2.54 bits per heavy atom. The second-order valence-electron chi connectivity index (χ2n) is 7.36. The summed E-state index contributed by atoms with van der Waals surface area (Å²) in [5.41, 5.74) is 2.31. The van der Waals surface area contributed by atoms with Crippen LogP contribution >= 0.6 is 0 Å². The minimum atomic E-state index is -3.28. The summed E-state index contributed by atoms with van der Waals surface area (Å²) in [4.78, 5) is 4.52. The van der Waals surface area contributed by atoms with Gasteiger partial charge in [-0.3, -0.25) is 0 Å². The number of benzene rings is 1. The summed E-state index contributed by atoms with van der Waals surface area (Å²) in [6.45, 7) is 5.28. The van der Waals surface area contributed by atoms with Crippen LogP contribution in [0.4, 0.5) is 0 Å². The van der Waals surface area contributed by atoms with Crippen molar-refractivity contribution in [1.82, 2.24) is 13.9 Å². The van der Waals surface area contributed by atoms with Crippen LogP contribution in [0, 0.1) is 5.92 Å². The molecule has 1 aromatic heterocycles. The summed E-state index contributed by atoms with van der Waals surface area (Å²) < 4.78 is 33.6. The standard InChI is InChI=1S/C19H27N3O3S/c1-14(2)15-5-7-16(8-6-15)19-20-9-10-22(19)18-12-25-11-17(18)13-26(23,24)21(3)4/h5-10,14,17-18H,11-13H2,1-4H3/t17-,18-/m1/s1. The number of hydrogen-bond acceptors (Lipinski definition) is 4. The van der Waals surface area contributed by atoms with E-state index in [0.717, 1.165) is 11.4 Å². The predicted molar refractivity (Wildman–Crippen MR) is 103 cm³/mol. The molecule has 2 atom stereocenters. The summed E-state index contributed by atoms with van der Waals surface area (Å²) in [7, 11) is -0.142. The molecule has 3 rings (SSSR count). The van der Waals surface area contributed by atoms with Crippen LogP contribution in [0.25, 0.3) is 11.4 Å². The third kappa shape index (κ3) is 3.84. The highest BCUT2D eigenvalue weighted by atomic mass is 32.2. The minimum absolute atomic E-state index is 0.0352. The van der Waals surface area contributed by atoms with Crippen LogP contribution in [0.2, 0.25) is 0 Å². The van der Waals surface area contributed by atoms with Crippen molar-refractivity contribution >= 4 is 10.0 Å². The monoisotopic (exact) mass is 377 g/mol. The van der Waals surface area contributed by atoms with Crippen LogP contribution in [-0.2, 0) is 14.8 Å². The molecule has 0 spiro atoms. The van der Waals surface area contributed by atoms with E-state index >= 15 is 0 Å². The zero-order valence-electron chi connectivity index (χ0n) is 15.8. The van der Waals surface area contributed by atoms with Gasteiger partial charge in [0.15, 0.2) is 0 Å². The number of nitrogens with zero attached hydrogens (tertiary/aromatic N) is 3. The average molecular weight is 378 g/mol. The topological polar surface area (TPSA) is 64.4 Å². The number of ether oxygens (including phenoxy) is 1. The molecule has 1 aromatic carbocycles. The van der Waals surface area contributed by atoms with Crippen molar-refractivity contribution in [2.45, 2.75) is 25.8 Å². The van der Waals surface area contributed by atoms with Gasteiger partial charge < -0.3 is 9.30 Å². The van der Waals surface area contributed by atoms with E-state index in [4.69, 9.17) is 4.74 Å². The van der Waals surface area contributed by atoms with Gasteiger partial charge in [0.1, 0.15) is 5.82 Å². The number of hydrogen-bond donors (Lipinski definition) is 0. The Morgan fingerprint density at radius 1 is 1.23 bits per heavy atom. The summed E-state index contributed by atoms with van der Waals surface area (Å²) in [6, 6.07) is 8.37. The van der Waals surface area contributed by atoms with Crippen LogP contribution in [0.3, 0.4) is 0 Å². The molecule has 7 heteroatoms. The fraction of sp³-hybridized carbons (Fsp3) is 0.526. The summed E-state index contributed by atoms with van der Waals surface area (Å²) >= 11 is 0. The van der Waals surface area contributed by atoms with Crippen LogP contribution < -0.4 is 0 Å². The van der Waals surface area contributed by atoms with E-state index in [9.17, 15) is 8.42 Å². The van der Waals surface area contributed by atoms with Gasteiger partial charge in [-0.1, -0.05) is 38.1 Å². The van der Waals surface area contributed by atoms with E-state index in [1.165, 1.54) is 9.87 Å². The van der Waals surface area contributed by atoms with Crippen molar-refractivity contribution in [3.8, 4) is 11.4 Å². The van der Waals surface area contributed by atoms with Crippen LogP contribution in [0.15, 0.2) is 36.7 Å². The van der Waals surface area contributed by atoms with E-state index < -0.39 is 10.0 Å². The quantitative estimate of drug-likeness (QED) is 0.776. The van der Waals surface area contributed by atoms with Gasteiger partial charge in [-0.25, -0.2) is 17.7 Å². The van der Waals surface area contributed by atoms with Crippen LogP contribution in [0.1, 0.15) is 31.4 Å². The third-order valence-electron chi connectivity index (χ3n) is 5.01. The van der Waals surface area contributed by atoms with Gasteiger partial charge in [-0.05, 0) is 11.5 Å². The lowest BCUT2D eigenvalue weighted by molar-refractivity contribution is 0.182. The Morgan fingerprint density at radius 2 is 1.92 bits per heavy atom. The van der Waals surface area contributed by atoms with Gasteiger partial charge in [0.2, 0.25) is 10.0 Å². The lowest BCUT2D eigenvalue weighted by Gasteiger charge is -2.22. The van der Waals surface area contributed by atoms with Gasteiger partial charge in [0, 0.05) is 38.0 Å². The zero-order chi connectivity index (χ0) is 18.9. The summed E-state index contributed by atoms with van der Waals surface area (Å²) in [6.07, 6.45) is 3.68. The maximum atomic E-state index is 12.3. The van der Waals surface area contributed by atoms with Crippen LogP contribution in [-0.4, -0.2) is 55.3 Å². The average Bonchev–Trinajstić information content (AvgIpc) is 3.23. The van der Waals surface area contributed by atoms with Gasteiger partial charge in [0.25, 0.3) is 0 Å². The Balaban J connectivity index is 1.87. The van der Waals surface area contributed by atoms with Crippen molar-refractivity contribution in [3.05, 3.63) is 42.2 Å². The van der Waals surface area contributed by atoms with E-state index in [-0.39, 0.29) is 17.7 Å². The first-order chi connectivity index (χ1) is 12.3. The second kappa shape index (κ2) is 7.50. The smallest absolute Gasteiger partial charge is 0.214 e. The molecule has 1 aliphatic rings. The SMILES string of the molecule is CC(C)c1ccc(-c2nccn2[C@@H]2COC[C@@H]2CS(=O)(=O)N(C)C)cc1. The van der Waals surface area contributed by atoms with Crippen molar-refractivity contribution in [3.63, 3.8) is 0 Å². The van der Waals surface area contributed by atoms with Crippen molar-refractivity contribution in [1.29, 1.82) is 0 Å². The molecule has 0 aliphatic carbocycles. The number of aromatic nitrogens is 2. The highest BCUT2D eigenvalue weighted by molar-refractivity contribution is 7.89. The Kier molecular flexibility index (Phi) is 5.50. The zero-order valence-corrected chi connectivity index (χ0v) is 16.6. The highest BCUT2D eigenvalue weighted by Gasteiger charge is 2.35. The lowest BCUT2D eigenvalue weighted by Crippen LogP contribution is -2.32. The molecule has 1 saturated heterocycles. The minimum Gasteiger partial charge on any atom is -0.379 e. The number of sulfonamides is 1. The molecule has 0 bridgehead atoms. The van der Waals surface area contributed by atoms with Gasteiger partial charge in [0.05, 0.1) is 25.0 Å². The Bertz CT molecular complexity index is 841. The first kappa shape index (κ1) is 19.1. The molecule has 0 radical (unpaired) electrons. The van der Waals surface area contributed by atoms with E-state index in [0.29, 0.717) is 19.1 Å². The molecule has 0 N–H and O–H groups in total. The molecule has 1 aliphatic heterocycles. The first-order valence-electron chi connectivity index (χ1n) is 8.90. The van der Waals surface area contributed by atoms with E-state index in [2.05, 4.69) is 47.7 Å². The second-order valence-corrected chi connectivity index (χ2v) is 9.59. The van der Waals surface area contributed by atoms with Crippen molar-refractivity contribution in [2.24, 2.45) is 5.92 Å². The molecule has 0 amide bonds.